The topological polar surface area (TPSA) is 46.5 Å². The molecular weight excluding hydrogens is 420 g/mol. The average Bonchev–Trinajstić information content (AvgIpc) is 2.84. The fourth-order valence-corrected chi connectivity index (χ4v) is 4.03. The van der Waals surface area contributed by atoms with Gasteiger partial charge in [0.2, 0.25) is 0 Å². The van der Waals surface area contributed by atoms with E-state index in [0.717, 1.165) is 18.4 Å². The fourth-order valence-electron chi connectivity index (χ4n) is 4.03. The molecule has 1 N–H and O–H groups in total. The number of allylic oxidation sites excluding steroid dienone is 2. The Morgan fingerprint density at radius 2 is 1.21 bits per heavy atom. The summed E-state index contributed by atoms with van der Waals surface area (Å²) in [6.07, 6.45) is 31.1. The van der Waals surface area contributed by atoms with Crippen molar-refractivity contribution in [1.29, 1.82) is 0 Å². The number of benzene rings is 1. The van der Waals surface area contributed by atoms with Gasteiger partial charge in [-0.2, -0.15) is 0 Å². The van der Waals surface area contributed by atoms with E-state index in [4.69, 9.17) is 4.74 Å². The van der Waals surface area contributed by atoms with Crippen molar-refractivity contribution in [3.05, 3.63) is 48.1 Å². The van der Waals surface area contributed by atoms with E-state index >= 15 is 0 Å². The van der Waals surface area contributed by atoms with Gasteiger partial charge < -0.3 is 9.84 Å². The van der Waals surface area contributed by atoms with Crippen LogP contribution in [0.25, 0.3) is 6.08 Å². The fraction of sp³-hybridized carbons (Fsp3) is 0.645. The van der Waals surface area contributed by atoms with E-state index in [1.807, 2.05) is 24.3 Å². The smallest absolute Gasteiger partial charge is 0.306 e. The van der Waals surface area contributed by atoms with E-state index in [2.05, 4.69) is 19.1 Å². The van der Waals surface area contributed by atoms with Crippen LogP contribution in [-0.4, -0.2) is 17.7 Å². The maximum Gasteiger partial charge on any atom is 0.306 e. The highest BCUT2D eigenvalue weighted by Crippen LogP contribution is 2.13. The SMILES string of the molecule is CCCCCCCC/C=C\CCCCCCCCCCCC(=O)OC/C=C\c1ccc(O)cc1. The predicted octanol–water partition coefficient (Wildman–Crippen LogP) is 9.55. The Morgan fingerprint density at radius 3 is 1.76 bits per heavy atom. The first-order valence-corrected chi connectivity index (χ1v) is 14.0. The number of aromatic hydroxyl groups is 1. The van der Waals surface area contributed by atoms with Crippen LogP contribution in [0.2, 0.25) is 0 Å². The van der Waals surface area contributed by atoms with Gasteiger partial charge in [0.25, 0.3) is 0 Å². The summed E-state index contributed by atoms with van der Waals surface area (Å²) in [5.41, 5.74) is 0.976. The molecule has 0 aliphatic carbocycles. The Labute approximate surface area is 209 Å². The molecule has 3 nitrogen and oxygen atoms in total. The van der Waals surface area contributed by atoms with Gasteiger partial charge in [-0.3, -0.25) is 4.79 Å². The van der Waals surface area contributed by atoms with E-state index in [1.165, 1.54) is 96.3 Å². The molecule has 192 valence electrons. The molecule has 0 saturated heterocycles. The normalized spacial score (nSPS) is 11.6. The molecule has 0 heterocycles. The van der Waals surface area contributed by atoms with Gasteiger partial charge in [-0.15, -0.1) is 0 Å². The molecule has 0 fully saturated rings. The van der Waals surface area contributed by atoms with E-state index < -0.39 is 0 Å². The Bertz CT molecular complexity index is 645. The van der Waals surface area contributed by atoms with Crippen LogP contribution < -0.4 is 0 Å². The molecule has 0 saturated carbocycles. The van der Waals surface area contributed by atoms with E-state index in [-0.39, 0.29) is 11.7 Å². The molecule has 34 heavy (non-hydrogen) atoms. The zero-order chi connectivity index (χ0) is 24.5. The first-order chi connectivity index (χ1) is 16.7. The minimum absolute atomic E-state index is 0.114. The molecule has 0 aliphatic heterocycles. The number of esters is 1. The Balaban J connectivity index is 1.79. The summed E-state index contributed by atoms with van der Waals surface area (Å²) in [4.78, 5) is 11.8. The highest BCUT2D eigenvalue weighted by Gasteiger charge is 2.01. The quantitative estimate of drug-likeness (QED) is 0.104. The standard InChI is InChI=1S/C31H50O3/c1-2-3-4-5-6-7-8-9-10-11-12-13-14-15-16-17-18-19-20-23-31(33)34-28-21-22-29-24-26-30(32)27-25-29/h9-10,21-22,24-27,32H,2-8,11-20,23,28H2,1H3/b10-9-,22-21-. The van der Waals surface area contributed by atoms with Crippen molar-refractivity contribution in [3.8, 4) is 5.75 Å². The van der Waals surface area contributed by atoms with E-state index in [0.29, 0.717) is 13.0 Å². The van der Waals surface area contributed by atoms with Crippen LogP contribution in [0.15, 0.2) is 42.5 Å². The second-order valence-corrected chi connectivity index (χ2v) is 9.43. The van der Waals surface area contributed by atoms with Crippen LogP contribution in [0.1, 0.15) is 128 Å². The summed E-state index contributed by atoms with van der Waals surface area (Å²) in [7, 11) is 0. The summed E-state index contributed by atoms with van der Waals surface area (Å²) in [5, 5.41) is 9.26. The number of hydrogen-bond donors (Lipinski definition) is 1. The molecule has 0 spiro atoms. The monoisotopic (exact) mass is 470 g/mol. The number of carbonyl (C=O) groups is 1. The maximum absolute atomic E-state index is 11.8. The minimum Gasteiger partial charge on any atom is -0.508 e. The molecule has 0 radical (unpaired) electrons. The Kier molecular flexibility index (Phi) is 20.1. The van der Waals surface area contributed by atoms with E-state index in [9.17, 15) is 9.90 Å². The number of carbonyl (C=O) groups excluding carboxylic acids is 1. The molecule has 1 aromatic carbocycles. The van der Waals surface area contributed by atoms with Gasteiger partial charge in [0.1, 0.15) is 12.4 Å². The third-order valence-electron chi connectivity index (χ3n) is 6.19. The first-order valence-electron chi connectivity index (χ1n) is 14.0. The van der Waals surface area contributed by atoms with Gasteiger partial charge in [0.05, 0.1) is 0 Å². The zero-order valence-corrected chi connectivity index (χ0v) is 21.8. The second kappa shape index (κ2) is 22.7. The molecule has 0 amide bonds. The van der Waals surface area contributed by atoms with Crippen molar-refractivity contribution in [2.24, 2.45) is 0 Å². The number of ether oxygens (including phenoxy) is 1. The van der Waals surface area contributed by atoms with Crippen LogP contribution in [0, 0.1) is 0 Å². The van der Waals surface area contributed by atoms with Gasteiger partial charge in [-0.1, -0.05) is 114 Å². The van der Waals surface area contributed by atoms with E-state index in [1.54, 1.807) is 12.1 Å². The molecule has 3 heteroatoms. The highest BCUT2D eigenvalue weighted by atomic mass is 16.5. The minimum atomic E-state index is -0.114. The molecule has 0 unspecified atom stereocenters. The number of phenolic OH excluding ortho intramolecular Hbond substituents is 1. The number of hydrogen-bond acceptors (Lipinski definition) is 3. The van der Waals surface area contributed by atoms with Crippen molar-refractivity contribution in [2.75, 3.05) is 6.61 Å². The van der Waals surface area contributed by atoms with Crippen molar-refractivity contribution >= 4 is 12.0 Å². The van der Waals surface area contributed by atoms with Crippen molar-refractivity contribution in [3.63, 3.8) is 0 Å². The van der Waals surface area contributed by atoms with Gasteiger partial charge in [-0.25, -0.2) is 0 Å². The van der Waals surface area contributed by atoms with Crippen molar-refractivity contribution < 1.29 is 14.6 Å². The molecule has 1 rings (SSSR count). The van der Waals surface area contributed by atoms with Crippen molar-refractivity contribution in [1.82, 2.24) is 0 Å². The van der Waals surface area contributed by atoms with Gasteiger partial charge in [0.15, 0.2) is 0 Å². The van der Waals surface area contributed by atoms with Crippen LogP contribution in [-0.2, 0) is 9.53 Å². The Morgan fingerprint density at radius 1 is 0.706 bits per heavy atom. The maximum atomic E-state index is 11.8. The van der Waals surface area contributed by atoms with Crippen LogP contribution >= 0.6 is 0 Å². The lowest BCUT2D eigenvalue weighted by Crippen LogP contribution is -2.03. The summed E-state index contributed by atoms with van der Waals surface area (Å²) in [6, 6.07) is 6.93. The summed E-state index contributed by atoms with van der Waals surface area (Å²) >= 11 is 0. The number of rotatable bonds is 22. The second-order valence-electron chi connectivity index (χ2n) is 9.43. The van der Waals surface area contributed by atoms with Crippen LogP contribution in [0.5, 0.6) is 5.75 Å². The summed E-state index contributed by atoms with van der Waals surface area (Å²) < 4.78 is 5.24. The molecular formula is C31H50O3. The zero-order valence-electron chi connectivity index (χ0n) is 21.8. The van der Waals surface area contributed by atoms with Crippen LogP contribution in [0.3, 0.4) is 0 Å². The van der Waals surface area contributed by atoms with Gasteiger partial charge in [0, 0.05) is 6.42 Å². The highest BCUT2D eigenvalue weighted by molar-refractivity contribution is 5.69. The lowest BCUT2D eigenvalue weighted by molar-refractivity contribution is -0.142. The molecule has 1 aromatic rings. The molecule has 0 atom stereocenters. The lowest BCUT2D eigenvalue weighted by Gasteiger charge is -2.03. The largest absolute Gasteiger partial charge is 0.508 e. The average molecular weight is 471 g/mol. The molecule has 0 aromatic heterocycles. The van der Waals surface area contributed by atoms with Gasteiger partial charge >= 0.3 is 5.97 Å². The third-order valence-corrected chi connectivity index (χ3v) is 6.19. The summed E-state index contributed by atoms with van der Waals surface area (Å²) in [6.45, 7) is 2.57. The third kappa shape index (κ3) is 19.4. The number of unbranched alkanes of at least 4 members (excludes halogenated alkanes) is 15. The Hall–Kier alpha value is -2.03. The predicted molar refractivity (Wildman–Crippen MR) is 146 cm³/mol. The molecule has 0 aliphatic rings. The van der Waals surface area contributed by atoms with Crippen LogP contribution in [0.4, 0.5) is 0 Å². The molecule has 0 bridgehead atoms. The van der Waals surface area contributed by atoms with Gasteiger partial charge in [-0.05, 0) is 55.9 Å². The lowest BCUT2D eigenvalue weighted by atomic mass is 10.1. The van der Waals surface area contributed by atoms with Crippen molar-refractivity contribution in [2.45, 2.75) is 122 Å². The number of phenols is 1. The first kappa shape index (κ1) is 30.0. The summed E-state index contributed by atoms with van der Waals surface area (Å²) in [5.74, 6) is 0.136.